The first-order valence-electron chi connectivity index (χ1n) is 28.4. The summed E-state index contributed by atoms with van der Waals surface area (Å²) in [7, 11) is 2.00. The van der Waals surface area contributed by atoms with Crippen LogP contribution in [0.1, 0.15) is 76.0 Å². The van der Waals surface area contributed by atoms with Crippen LogP contribution in [0.15, 0.2) is 280 Å². The zero-order valence-corrected chi connectivity index (χ0v) is 55.4. The largest absolute Gasteiger partial charge is 3.00 e. The number of pyridine rings is 5. The average molecular weight is 1500 g/mol. The van der Waals surface area contributed by atoms with Crippen LogP contribution in [0, 0.1) is 24.3 Å². The van der Waals surface area contributed by atoms with Gasteiger partial charge in [-0.25, -0.2) is 0 Å². The Morgan fingerprint density at radius 3 is 0.782 bits per heavy atom. The number of aliphatic hydroxyl groups is 2. The van der Waals surface area contributed by atoms with E-state index in [0.29, 0.717) is 17.8 Å². The Morgan fingerprint density at radius 1 is 0.264 bits per heavy atom. The van der Waals surface area contributed by atoms with Gasteiger partial charge in [0.1, 0.15) is 0 Å². The van der Waals surface area contributed by atoms with Crippen LogP contribution in [0.2, 0.25) is 0 Å². The third kappa shape index (κ3) is 23.4. The molecule has 5 aromatic heterocycles. The molecule has 0 aliphatic heterocycles. The maximum Gasteiger partial charge on any atom is 3.00 e. The number of rotatable bonds is 10. The molecule has 0 spiro atoms. The van der Waals surface area contributed by atoms with Crippen molar-refractivity contribution in [1.29, 1.82) is 0 Å². The first-order chi connectivity index (χ1) is 41.7. The summed E-state index contributed by atoms with van der Waals surface area (Å²) in [5.74, 6) is 1.61. The van der Waals surface area contributed by atoms with E-state index in [2.05, 4.69) is 188 Å². The van der Waals surface area contributed by atoms with E-state index in [1.165, 1.54) is 38.9 Å². The minimum atomic E-state index is 0. The molecule has 7 nitrogen and oxygen atoms in total. The number of aliphatic hydroxyl groups excluding tert-OH is 2. The zero-order valence-electron chi connectivity index (χ0n) is 50.6. The van der Waals surface area contributed by atoms with Crippen molar-refractivity contribution in [2.24, 2.45) is 0 Å². The average Bonchev–Trinajstić information content (AvgIpc) is 3.70. The Hall–Kier alpha value is -8.49. The van der Waals surface area contributed by atoms with Crippen molar-refractivity contribution in [3.05, 3.63) is 321 Å². The molecule has 0 amide bonds. The van der Waals surface area contributed by atoms with Crippen LogP contribution in [0.25, 0.3) is 78.5 Å². The fourth-order valence-electron chi connectivity index (χ4n) is 8.47. The van der Waals surface area contributed by atoms with Gasteiger partial charge in [-0.3, -0.25) is 4.98 Å². The molecule has 0 aliphatic rings. The summed E-state index contributed by atoms with van der Waals surface area (Å²) < 4.78 is 0. The summed E-state index contributed by atoms with van der Waals surface area (Å²) in [6.07, 6.45) is 9.31. The monoisotopic (exact) mass is 1500 g/mol. The van der Waals surface area contributed by atoms with Crippen molar-refractivity contribution in [2.75, 3.05) is 14.2 Å². The second-order valence-corrected chi connectivity index (χ2v) is 19.9. The van der Waals surface area contributed by atoms with Gasteiger partial charge in [-0.05, 0) is 99.2 Å². The number of nitrogens with zero attached hydrogens (tertiary/aromatic N) is 5. The van der Waals surface area contributed by atoms with Crippen molar-refractivity contribution in [3.8, 4) is 78.5 Å². The molecule has 1 radical (unpaired) electrons. The van der Waals surface area contributed by atoms with Crippen LogP contribution in [0.4, 0.5) is 0 Å². The van der Waals surface area contributed by atoms with Gasteiger partial charge in [-0.1, -0.05) is 173 Å². The fraction of sp³-hybridized carbons (Fsp3) is 0.141. The van der Waals surface area contributed by atoms with Gasteiger partial charge < -0.3 is 30.1 Å². The first-order valence-corrected chi connectivity index (χ1v) is 28.4. The topological polar surface area (TPSA) is 105 Å². The molecule has 12 rings (SSSR count). The second kappa shape index (κ2) is 40.0. The molecule has 87 heavy (non-hydrogen) atoms. The summed E-state index contributed by atoms with van der Waals surface area (Å²) in [5.41, 5.74) is 19.1. The molecule has 0 unspecified atom stereocenters. The van der Waals surface area contributed by atoms with E-state index in [0.717, 1.165) is 70.5 Å². The molecular formula is C78H75Ir2N5O2-. The van der Waals surface area contributed by atoms with Gasteiger partial charge in [0.25, 0.3) is 0 Å². The van der Waals surface area contributed by atoms with Gasteiger partial charge in [0.2, 0.25) is 0 Å². The zero-order chi connectivity index (χ0) is 60.4. The molecule has 12 aromatic rings. The van der Waals surface area contributed by atoms with Gasteiger partial charge >= 0.3 is 20.1 Å². The molecule has 0 saturated carbocycles. The van der Waals surface area contributed by atoms with E-state index >= 15 is 0 Å². The molecule has 0 saturated heterocycles. The van der Waals surface area contributed by atoms with Crippen molar-refractivity contribution in [2.45, 2.75) is 59.3 Å². The van der Waals surface area contributed by atoms with Gasteiger partial charge in [0.15, 0.2) is 0 Å². The van der Waals surface area contributed by atoms with Gasteiger partial charge in [-0.2, -0.15) is 0 Å². The Bertz CT molecular complexity index is 3300. The van der Waals surface area contributed by atoms with E-state index in [9.17, 15) is 0 Å². The van der Waals surface area contributed by atoms with E-state index in [1.807, 2.05) is 183 Å². The van der Waals surface area contributed by atoms with Crippen LogP contribution in [0.5, 0.6) is 0 Å². The molecule has 0 atom stereocenters. The maximum atomic E-state index is 7.00. The molecule has 7 aromatic carbocycles. The van der Waals surface area contributed by atoms with Crippen LogP contribution in [-0.4, -0.2) is 49.4 Å². The number of hydrogen-bond acceptors (Lipinski definition) is 7. The van der Waals surface area contributed by atoms with E-state index < -0.39 is 0 Å². The van der Waals surface area contributed by atoms with Gasteiger partial charge in [0, 0.05) is 70.9 Å². The predicted molar refractivity (Wildman–Crippen MR) is 353 cm³/mol. The summed E-state index contributed by atoms with van der Waals surface area (Å²) in [6.45, 7) is 13.1. The Labute approximate surface area is 544 Å². The smallest absolute Gasteiger partial charge is 0.400 e. The summed E-state index contributed by atoms with van der Waals surface area (Å²) in [6, 6.07) is 96.3. The predicted octanol–water partition coefficient (Wildman–Crippen LogP) is 18.9. The third-order valence-electron chi connectivity index (χ3n) is 13.1. The van der Waals surface area contributed by atoms with Crippen molar-refractivity contribution < 1.29 is 50.4 Å². The van der Waals surface area contributed by atoms with Crippen LogP contribution < -0.4 is 0 Å². The quantitative estimate of drug-likeness (QED) is 0.131. The molecular weight excluding hydrogens is 1420 g/mol. The third-order valence-corrected chi connectivity index (χ3v) is 13.1. The van der Waals surface area contributed by atoms with Crippen LogP contribution >= 0.6 is 0 Å². The summed E-state index contributed by atoms with van der Waals surface area (Å²) >= 11 is 0. The fourth-order valence-corrected chi connectivity index (χ4v) is 8.47. The first kappa shape index (κ1) is 71.0. The van der Waals surface area contributed by atoms with Gasteiger partial charge in [-0.15, -0.1) is 144 Å². The maximum absolute atomic E-state index is 7.00. The molecule has 0 bridgehead atoms. The van der Waals surface area contributed by atoms with Gasteiger partial charge in [0.05, 0.1) is 5.69 Å². The van der Waals surface area contributed by atoms with E-state index in [-0.39, 0.29) is 40.2 Å². The molecule has 5 heterocycles. The number of benzene rings is 7. The second-order valence-electron chi connectivity index (χ2n) is 19.9. The molecule has 0 fully saturated rings. The SMILES string of the molecule is CC(C)c1ccnc(-c2[c-]cccc2)c1.CC(C)c1ccnc(-c2[c-]cccc2)c1.CC(C)c1ccnc(-c2[c-]cccc2)c1.CO.CO.[Ir+3].[Ir].[c-]1ccccc1-c1cc(-c2ccccc2)ccn1.c1ccc(-c2ccnc(-c3ccccc3)c2)cc1. The Kier molecular flexibility index (Phi) is 32.6. The minimum absolute atomic E-state index is 0. The van der Waals surface area contributed by atoms with E-state index in [4.69, 9.17) is 10.2 Å². The Balaban J connectivity index is 0.000000229. The van der Waals surface area contributed by atoms with Crippen molar-refractivity contribution in [1.82, 2.24) is 24.9 Å². The Morgan fingerprint density at radius 2 is 0.506 bits per heavy atom. The molecule has 9 heteroatoms. The number of aromatic nitrogens is 5. The molecule has 443 valence electrons. The van der Waals surface area contributed by atoms with E-state index in [1.54, 1.807) is 0 Å². The van der Waals surface area contributed by atoms with Crippen molar-refractivity contribution >= 4 is 0 Å². The summed E-state index contributed by atoms with van der Waals surface area (Å²) in [4.78, 5) is 21.9. The minimum Gasteiger partial charge on any atom is -0.400 e. The number of hydrogen-bond donors (Lipinski definition) is 2. The van der Waals surface area contributed by atoms with Crippen LogP contribution in [0.3, 0.4) is 0 Å². The molecule has 0 aliphatic carbocycles. The summed E-state index contributed by atoms with van der Waals surface area (Å²) in [5, 5.41) is 14.0. The van der Waals surface area contributed by atoms with Crippen LogP contribution in [-0.2, 0) is 40.2 Å². The molecule has 2 N–H and O–H groups in total. The normalized spacial score (nSPS) is 9.85. The standard InChI is InChI=1S/C17H13N.C17H12N.3C14H14N.2CH4O.2Ir/c2*1-3-7-14(8-4-1)16-11-12-18-17(13-16)15-9-5-2-6-10-15;3*1-11(2)13-8-9-15-14(10-13)12-6-4-3-5-7-12;2*1-2;;/h1-13H;1-9,11-13H;3*3-6,8-11H,1-2H3;2*2H,1H3;;/q;4*-1;;;;+3. The van der Waals surface area contributed by atoms with Crippen molar-refractivity contribution in [3.63, 3.8) is 0 Å².